The van der Waals surface area contributed by atoms with Gasteiger partial charge in [0.15, 0.2) is 0 Å². The number of hydrogen-bond donors (Lipinski definition) is 1. The summed E-state index contributed by atoms with van der Waals surface area (Å²) >= 11 is 0. The molecule has 0 saturated carbocycles. The maximum atomic E-state index is 10.2. The van der Waals surface area contributed by atoms with E-state index in [-0.39, 0.29) is 13.0 Å². The van der Waals surface area contributed by atoms with Gasteiger partial charge in [-0.05, 0) is 6.42 Å². The van der Waals surface area contributed by atoms with Crippen LogP contribution in [0.3, 0.4) is 0 Å². The Morgan fingerprint density at radius 3 is 2.33 bits per heavy atom. The van der Waals surface area contributed by atoms with E-state index < -0.39 is 5.97 Å². The van der Waals surface area contributed by atoms with Gasteiger partial charge in [0, 0.05) is 5.57 Å². The first-order valence-electron chi connectivity index (χ1n) is 2.26. The van der Waals surface area contributed by atoms with Crippen molar-refractivity contribution >= 4 is 5.97 Å². The standard InChI is InChI=1S/C5H8O3.CH4/c1-3-4(2)5(6)8-7;/h7H,2-3H2,1H3;1H4. The van der Waals surface area contributed by atoms with Crippen molar-refractivity contribution in [2.24, 2.45) is 0 Å². The van der Waals surface area contributed by atoms with Crippen molar-refractivity contribution in [3.63, 3.8) is 0 Å². The van der Waals surface area contributed by atoms with Crippen LogP contribution in [0.5, 0.6) is 0 Å². The molecule has 0 bridgehead atoms. The average Bonchev–Trinajstić information content (AvgIpc) is 1.84. The summed E-state index contributed by atoms with van der Waals surface area (Å²) in [5, 5.41) is 7.73. The molecule has 0 amide bonds. The second kappa shape index (κ2) is 5.31. The molecule has 0 fully saturated rings. The minimum absolute atomic E-state index is 0. The summed E-state index contributed by atoms with van der Waals surface area (Å²) in [5.74, 6) is -0.757. The van der Waals surface area contributed by atoms with Gasteiger partial charge in [-0.2, -0.15) is 5.26 Å². The fourth-order valence-electron chi connectivity index (χ4n) is 0.209. The van der Waals surface area contributed by atoms with Crippen molar-refractivity contribution in [1.29, 1.82) is 0 Å². The van der Waals surface area contributed by atoms with E-state index >= 15 is 0 Å². The van der Waals surface area contributed by atoms with Gasteiger partial charge in [0.25, 0.3) is 0 Å². The number of carbonyl (C=O) groups is 1. The Morgan fingerprint density at radius 2 is 2.22 bits per heavy atom. The zero-order valence-corrected chi connectivity index (χ0v) is 4.68. The van der Waals surface area contributed by atoms with Crippen LogP contribution in [0.1, 0.15) is 20.8 Å². The third kappa shape index (κ3) is 3.73. The Kier molecular flexibility index (Phi) is 6.51. The number of carbonyl (C=O) groups excluding carboxylic acids is 1. The molecule has 9 heavy (non-hydrogen) atoms. The Balaban J connectivity index is 0. The van der Waals surface area contributed by atoms with E-state index in [9.17, 15) is 4.79 Å². The van der Waals surface area contributed by atoms with Gasteiger partial charge in [0.2, 0.25) is 0 Å². The van der Waals surface area contributed by atoms with Gasteiger partial charge in [-0.3, -0.25) is 4.89 Å². The predicted octanol–water partition coefficient (Wildman–Crippen LogP) is 1.60. The van der Waals surface area contributed by atoms with Crippen LogP contribution in [0.4, 0.5) is 0 Å². The van der Waals surface area contributed by atoms with E-state index in [1.165, 1.54) is 0 Å². The van der Waals surface area contributed by atoms with Crippen LogP contribution in [0.25, 0.3) is 0 Å². The molecule has 0 unspecified atom stereocenters. The molecule has 0 aliphatic heterocycles. The smallest absolute Gasteiger partial charge is 0.296 e. The zero-order valence-electron chi connectivity index (χ0n) is 4.68. The molecule has 0 aromatic carbocycles. The Morgan fingerprint density at radius 1 is 1.78 bits per heavy atom. The summed E-state index contributed by atoms with van der Waals surface area (Å²) in [5.41, 5.74) is 0.271. The summed E-state index contributed by atoms with van der Waals surface area (Å²) in [6, 6.07) is 0. The highest BCUT2D eigenvalue weighted by Gasteiger charge is 2.03. The first-order chi connectivity index (χ1) is 3.72. The van der Waals surface area contributed by atoms with Gasteiger partial charge in [-0.1, -0.05) is 20.9 Å². The van der Waals surface area contributed by atoms with Gasteiger partial charge in [-0.25, -0.2) is 4.79 Å². The summed E-state index contributed by atoms with van der Waals surface area (Å²) < 4.78 is 0. The maximum Gasteiger partial charge on any atom is 0.368 e. The van der Waals surface area contributed by atoms with E-state index in [2.05, 4.69) is 11.5 Å². The Bertz CT molecular complexity index is 92.9. The third-order valence-corrected chi connectivity index (χ3v) is 0.798. The third-order valence-electron chi connectivity index (χ3n) is 0.798. The quantitative estimate of drug-likeness (QED) is 0.352. The van der Waals surface area contributed by atoms with E-state index in [1.807, 2.05) is 0 Å². The van der Waals surface area contributed by atoms with Crippen molar-refractivity contribution in [3.8, 4) is 0 Å². The molecule has 0 heterocycles. The van der Waals surface area contributed by atoms with Crippen LogP contribution in [-0.2, 0) is 9.68 Å². The van der Waals surface area contributed by atoms with Crippen molar-refractivity contribution in [2.45, 2.75) is 20.8 Å². The first-order valence-corrected chi connectivity index (χ1v) is 2.26. The van der Waals surface area contributed by atoms with Gasteiger partial charge in [0.05, 0.1) is 0 Å². The molecule has 0 saturated heterocycles. The molecule has 0 aliphatic carbocycles. The van der Waals surface area contributed by atoms with E-state index in [4.69, 9.17) is 5.26 Å². The molecule has 0 atom stereocenters. The number of rotatable bonds is 2. The SMILES string of the molecule is C.C=C(CC)C(=O)OO. The Hall–Kier alpha value is -0.830. The summed E-state index contributed by atoms with van der Waals surface area (Å²) in [7, 11) is 0. The highest BCUT2D eigenvalue weighted by atomic mass is 17.1. The fourth-order valence-corrected chi connectivity index (χ4v) is 0.209. The van der Waals surface area contributed by atoms with Crippen molar-refractivity contribution in [2.75, 3.05) is 0 Å². The summed E-state index contributed by atoms with van der Waals surface area (Å²) in [4.78, 5) is 13.5. The fraction of sp³-hybridized carbons (Fsp3) is 0.500. The molecular weight excluding hydrogens is 120 g/mol. The van der Waals surface area contributed by atoms with Gasteiger partial charge < -0.3 is 0 Å². The molecule has 0 radical (unpaired) electrons. The summed E-state index contributed by atoms with van der Waals surface area (Å²) in [6.45, 7) is 5.06. The highest BCUT2D eigenvalue weighted by Crippen LogP contribution is 1.96. The molecule has 1 N–H and O–H groups in total. The lowest BCUT2D eigenvalue weighted by molar-refractivity contribution is -0.229. The maximum absolute atomic E-state index is 10.2. The highest BCUT2D eigenvalue weighted by molar-refractivity contribution is 5.86. The minimum Gasteiger partial charge on any atom is -0.296 e. The van der Waals surface area contributed by atoms with Crippen LogP contribution >= 0.6 is 0 Å². The van der Waals surface area contributed by atoms with E-state index in [0.29, 0.717) is 6.42 Å². The molecule has 3 heteroatoms. The first kappa shape index (κ1) is 11.0. The molecule has 3 nitrogen and oxygen atoms in total. The number of hydrogen-bond acceptors (Lipinski definition) is 3. The van der Waals surface area contributed by atoms with E-state index in [0.717, 1.165) is 0 Å². The van der Waals surface area contributed by atoms with Crippen LogP contribution in [-0.4, -0.2) is 11.2 Å². The minimum atomic E-state index is -0.757. The zero-order chi connectivity index (χ0) is 6.57. The molecule has 54 valence electrons. The average molecular weight is 132 g/mol. The van der Waals surface area contributed by atoms with Gasteiger partial charge in [-0.15, -0.1) is 0 Å². The lowest BCUT2D eigenvalue weighted by Crippen LogP contribution is -2.02. The molecule has 0 rings (SSSR count). The van der Waals surface area contributed by atoms with Gasteiger partial charge >= 0.3 is 5.97 Å². The second-order valence-corrected chi connectivity index (χ2v) is 1.34. The normalized spacial score (nSPS) is 7.33. The van der Waals surface area contributed by atoms with Crippen LogP contribution < -0.4 is 0 Å². The molecule has 0 spiro atoms. The lowest BCUT2D eigenvalue weighted by atomic mass is 10.2. The molecule has 0 aromatic heterocycles. The molecular formula is C6H12O3. The summed E-state index contributed by atoms with van der Waals surface area (Å²) in [6.07, 6.45) is 0.499. The van der Waals surface area contributed by atoms with Crippen molar-refractivity contribution in [1.82, 2.24) is 0 Å². The Labute approximate surface area is 54.9 Å². The van der Waals surface area contributed by atoms with Crippen LogP contribution in [0.15, 0.2) is 12.2 Å². The topological polar surface area (TPSA) is 46.5 Å². The van der Waals surface area contributed by atoms with Crippen molar-refractivity contribution in [3.05, 3.63) is 12.2 Å². The van der Waals surface area contributed by atoms with E-state index in [1.54, 1.807) is 6.92 Å². The van der Waals surface area contributed by atoms with Crippen LogP contribution in [0, 0.1) is 0 Å². The molecule has 0 aliphatic rings. The van der Waals surface area contributed by atoms with Crippen LogP contribution in [0.2, 0.25) is 0 Å². The lowest BCUT2D eigenvalue weighted by Gasteiger charge is -1.93. The largest absolute Gasteiger partial charge is 0.368 e. The molecule has 0 aromatic rings. The second-order valence-electron chi connectivity index (χ2n) is 1.34. The van der Waals surface area contributed by atoms with Crippen molar-refractivity contribution < 1.29 is 14.9 Å². The van der Waals surface area contributed by atoms with Gasteiger partial charge in [0.1, 0.15) is 0 Å². The monoisotopic (exact) mass is 132 g/mol. The predicted molar refractivity (Wildman–Crippen MR) is 34.9 cm³/mol.